The molecule has 2 heterocycles. The van der Waals surface area contributed by atoms with Crippen LogP contribution in [-0.4, -0.2) is 50.1 Å². The van der Waals surface area contributed by atoms with Gasteiger partial charge >= 0.3 is 0 Å². The zero-order chi connectivity index (χ0) is 14.8. The lowest BCUT2D eigenvalue weighted by Crippen LogP contribution is -2.50. The molecule has 1 atom stereocenters. The molecule has 1 aromatic rings. The van der Waals surface area contributed by atoms with E-state index in [-0.39, 0.29) is 17.5 Å². The Labute approximate surface area is 122 Å². The third kappa shape index (κ3) is 3.00. The highest BCUT2D eigenvalue weighted by Gasteiger charge is 2.29. The summed E-state index contributed by atoms with van der Waals surface area (Å²) in [6.45, 7) is 3.83. The fourth-order valence-electron chi connectivity index (χ4n) is 3.02. The van der Waals surface area contributed by atoms with Gasteiger partial charge in [-0.3, -0.25) is 4.79 Å². The summed E-state index contributed by atoms with van der Waals surface area (Å²) in [5.41, 5.74) is 0.282. The van der Waals surface area contributed by atoms with Gasteiger partial charge in [0.15, 0.2) is 0 Å². The molecule has 0 bridgehead atoms. The Morgan fingerprint density at radius 2 is 1.95 bits per heavy atom. The van der Waals surface area contributed by atoms with E-state index in [9.17, 15) is 13.6 Å². The number of amides is 1. The molecule has 2 fully saturated rings. The van der Waals surface area contributed by atoms with Gasteiger partial charge in [0.2, 0.25) is 5.91 Å². The van der Waals surface area contributed by atoms with Crippen molar-refractivity contribution in [3.63, 3.8) is 0 Å². The van der Waals surface area contributed by atoms with Crippen molar-refractivity contribution in [1.29, 1.82) is 0 Å². The second-order valence-corrected chi connectivity index (χ2v) is 5.60. The van der Waals surface area contributed by atoms with E-state index in [1.165, 1.54) is 6.07 Å². The zero-order valence-electron chi connectivity index (χ0n) is 11.8. The van der Waals surface area contributed by atoms with Gasteiger partial charge in [-0.25, -0.2) is 8.78 Å². The highest BCUT2D eigenvalue weighted by molar-refractivity contribution is 5.79. The second-order valence-electron chi connectivity index (χ2n) is 5.60. The number of piperazine rings is 1. The Bertz CT molecular complexity index is 524. The van der Waals surface area contributed by atoms with E-state index in [0.29, 0.717) is 26.2 Å². The molecule has 0 saturated carbocycles. The molecular weight excluding hydrogens is 276 g/mol. The molecule has 114 valence electrons. The van der Waals surface area contributed by atoms with Gasteiger partial charge in [0, 0.05) is 38.8 Å². The predicted octanol–water partition coefficient (Wildman–Crippen LogP) is 1.22. The van der Waals surface area contributed by atoms with Crippen molar-refractivity contribution >= 4 is 11.6 Å². The summed E-state index contributed by atoms with van der Waals surface area (Å²) >= 11 is 0. The molecule has 3 rings (SSSR count). The number of carbonyl (C=O) groups is 1. The first kappa shape index (κ1) is 14.3. The third-order valence-electron chi connectivity index (χ3n) is 4.25. The van der Waals surface area contributed by atoms with Crippen LogP contribution in [-0.2, 0) is 4.79 Å². The quantitative estimate of drug-likeness (QED) is 0.891. The van der Waals surface area contributed by atoms with Gasteiger partial charge in [-0.05, 0) is 25.1 Å². The molecule has 0 aromatic heterocycles. The maximum absolute atomic E-state index is 13.8. The molecule has 2 saturated heterocycles. The monoisotopic (exact) mass is 295 g/mol. The number of nitrogens with one attached hydrogen (secondary N) is 1. The van der Waals surface area contributed by atoms with E-state index in [1.54, 1.807) is 4.90 Å². The summed E-state index contributed by atoms with van der Waals surface area (Å²) in [6.07, 6.45) is 0.886. The van der Waals surface area contributed by atoms with Gasteiger partial charge in [-0.15, -0.1) is 0 Å². The molecule has 0 radical (unpaired) electrons. The lowest BCUT2D eigenvalue weighted by atomic mass is 10.1. The van der Waals surface area contributed by atoms with Gasteiger partial charge in [0.05, 0.1) is 11.6 Å². The number of benzene rings is 1. The molecule has 0 spiro atoms. The Hall–Kier alpha value is -1.69. The average molecular weight is 295 g/mol. The first-order chi connectivity index (χ1) is 10.1. The van der Waals surface area contributed by atoms with Crippen molar-refractivity contribution < 1.29 is 13.6 Å². The first-order valence-electron chi connectivity index (χ1n) is 7.34. The van der Waals surface area contributed by atoms with Crippen LogP contribution in [0.4, 0.5) is 14.5 Å². The Morgan fingerprint density at radius 3 is 2.62 bits per heavy atom. The van der Waals surface area contributed by atoms with Crippen LogP contribution in [0.5, 0.6) is 0 Å². The molecular formula is C15H19F2N3O. The maximum atomic E-state index is 13.8. The largest absolute Gasteiger partial charge is 0.366 e. The number of hydrogen-bond acceptors (Lipinski definition) is 3. The summed E-state index contributed by atoms with van der Waals surface area (Å²) in [7, 11) is 0. The highest BCUT2D eigenvalue weighted by atomic mass is 19.1. The maximum Gasteiger partial charge on any atom is 0.227 e. The van der Waals surface area contributed by atoms with Crippen molar-refractivity contribution in [2.75, 3.05) is 44.2 Å². The van der Waals surface area contributed by atoms with E-state index in [2.05, 4.69) is 5.32 Å². The summed E-state index contributed by atoms with van der Waals surface area (Å²) in [4.78, 5) is 15.9. The van der Waals surface area contributed by atoms with E-state index in [1.807, 2.05) is 4.90 Å². The first-order valence-corrected chi connectivity index (χ1v) is 7.34. The minimum absolute atomic E-state index is 0.0717. The average Bonchev–Trinajstić information content (AvgIpc) is 3.03. The Balaban J connectivity index is 1.62. The number of carbonyl (C=O) groups excluding carboxylic acids is 1. The molecule has 1 amide bonds. The van der Waals surface area contributed by atoms with Gasteiger partial charge in [0.1, 0.15) is 11.6 Å². The fourth-order valence-corrected chi connectivity index (χ4v) is 3.02. The van der Waals surface area contributed by atoms with Gasteiger partial charge in [-0.2, -0.15) is 0 Å². The summed E-state index contributed by atoms with van der Waals surface area (Å²) in [5.74, 6) is -0.611. The lowest BCUT2D eigenvalue weighted by molar-refractivity contribution is -0.135. The molecule has 1 aromatic carbocycles. The second kappa shape index (κ2) is 5.97. The number of rotatable bonds is 2. The van der Waals surface area contributed by atoms with Gasteiger partial charge in [0.25, 0.3) is 0 Å². The smallest absolute Gasteiger partial charge is 0.227 e. The third-order valence-corrected chi connectivity index (χ3v) is 4.25. The van der Waals surface area contributed by atoms with Crippen molar-refractivity contribution in [2.45, 2.75) is 6.42 Å². The van der Waals surface area contributed by atoms with Crippen LogP contribution in [0, 0.1) is 17.6 Å². The minimum Gasteiger partial charge on any atom is -0.366 e. The van der Waals surface area contributed by atoms with Gasteiger partial charge < -0.3 is 15.1 Å². The van der Waals surface area contributed by atoms with Crippen molar-refractivity contribution in [3.8, 4) is 0 Å². The molecule has 1 unspecified atom stereocenters. The highest BCUT2D eigenvalue weighted by Crippen LogP contribution is 2.22. The van der Waals surface area contributed by atoms with E-state index in [0.717, 1.165) is 31.6 Å². The predicted molar refractivity (Wildman–Crippen MR) is 76.1 cm³/mol. The standard InChI is InChI=1S/C15H19F2N3O/c16-12-1-2-13(17)14(9-12)19-5-7-20(8-6-19)15(21)11-3-4-18-10-11/h1-2,9,11,18H,3-8,10H2. The van der Waals surface area contributed by atoms with Crippen molar-refractivity contribution in [2.24, 2.45) is 5.92 Å². The number of hydrogen-bond donors (Lipinski definition) is 1. The van der Waals surface area contributed by atoms with Crippen molar-refractivity contribution in [3.05, 3.63) is 29.8 Å². The van der Waals surface area contributed by atoms with Crippen molar-refractivity contribution in [1.82, 2.24) is 10.2 Å². The molecule has 2 aliphatic rings. The fraction of sp³-hybridized carbons (Fsp3) is 0.533. The van der Waals surface area contributed by atoms with Crippen LogP contribution in [0.3, 0.4) is 0 Å². The van der Waals surface area contributed by atoms with Crippen LogP contribution < -0.4 is 10.2 Å². The molecule has 6 heteroatoms. The number of anilines is 1. The Morgan fingerprint density at radius 1 is 1.19 bits per heavy atom. The normalized spacial score (nSPS) is 22.7. The van der Waals surface area contributed by atoms with Gasteiger partial charge in [-0.1, -0.05) is 0 Å². The van der Waals surface area contributed by atoms with Crippen LogP contribution in [0.1, 0.15) is 6.42 Å². The van der Waals surface area contributed by atoms with Crippen LogP contribution >= 0.6 is 0 Å². The lowest BCUT2D eigenvalue weighted by Gasteiger charge is -2.37. The molecule has 4 nitrogen and oxygen atoms in total. The summed E-state index contributed by atoms with van der Waals surface area (Å²) < 4.78 is 27.0. The van der Waals surface area contributed by atoms with Crippen LogP contribution in [0.2, 0.25) is 0 Å². The van der Waals surface area contributed by atoms with E-state index < -0.39 is 11.6 Å². The van der Waals surface area contributed by atoms with E-state index in [4.69, 9.17) is 0 Å². The molecule has 2 aliphatic heterocycles. The topological polar surface area (TPSA) is 35.6 Å². The van der Waals surface area contributed by atoms with Crippen LogP contribution in [0.25, 0.3) is 0 Å². The van der Waals surface area contributed by atoms with Crippen LogP contribution in [0.15, 0.2) is 18.2 Å². The number of nitrogens with zero attached hydrogens (tertiary/aromatic N) is 2. The summed E-state index contributed by atoms with van der Waals surface area (Å²) in [5, 5.41) is 3.19. The SMILES string of the molecule is O=C(C1CCNC1)N1CCN(c2cc(F)ccc2F)CC1. The molecule has 1 N–H and O–H groups in total. The molecule has 0 aliphatic carbocycles. The zero-order valence-corrected chi connectivity index (χ0v) is 11.8. The molecule has 21 heavy (non-hydrogen) atoms. The number of halogens is 2. The Kier molecular flexibility index (Phi) is 4.05. The van der Waals surface area contributed by atoms with E-state index >= 15 is 0 Å². The summed E-state index contributed by atoms with van der Waals surface area (Å²) in [6, 6.07) is 3.48. The minimum atomic E-state index is -0.443.